The fraction of sp³-hybridized carbons (Fsp3) is 0.143. The predicted molar refractivity (Wildman–Crippen MR) is 109 cm³/mol. The number of methoxy groups -OCH3 is 2. The quantitative estimate of drug-likeness (QED) is 0.610. The summed E-state index contributed by atoms with van der Waals surface area (Å²) in [4.78, 5) is 32.3. The molecule has 0 aliphatic carbocycles. The van der Waals surface area contributed by atoms with Crippen LogP contribution in [0.15, 0.2) is 54.6 Å². The smallest absolute Gasteiger partial charge is 0.339 e. The van der Waals surface area contributed by atoms with Crippen molar-refractivity contribution in [3.8, 4) is 0 Å². The Kier molecular flexibility index (Phi) is 6.03. The molecule has 0 unspecified atom stereocenters. The molecule has 3 rings (SSSR count). The first kappa shape index (κ1) is 19.8. The molecule has 0 spiro atoms. The number of hydrogen-bond acceptors (Lipinski definition) is 8. The largest absolute Gasteiger partial charge is 0.465 e. The number of nitrogens with one attached hydrogen (secondary N) is 2. The molecule has 0 aliphatic rings. The maximum Gasteiger partial charge on any atom is 0.339 e. The molecular weight excluding hydrogens is 372 g/mol. The number of rotatable bonds is 6. The van der Waals surface area contributed by atoms with Crippen molar-refractivity contribution in [2.75, 3.05) is 24.9 Å². The van der Waals surface area contributed by atoms with Crippen molar-refractivity contribution in [3.05, 3.63) is 71.4 Å². The minimum Gasteiger partial charge on any atom is -0.465 e. The van der Waals surface area contributed by atoms with Gasteiger partial charge in [0.1, 0.15) is 5.82 Å². The topological polar surface area (TPSA) is 102 Å². The molecule has 0 aliphatic heterocycles. The molecule has 8 nitrogen and oxygen atoms in total. The van der Waals surface area contributed by atoms with Gasteiger partial charge in [0.25, 0.3) is 0 Å². The summed E-state index contributed by atoms with van der Waals surface area (Å²) in [5.74, 6) is 0.0337. The van der Waals surface area contributed by atoms with Gasteiger partial charge in [0.05, 0.1) is 31.0 Å². The van der Waals surface area contributed by atoms with Crippen LogP contribution in [0.2, 0.25) is 0 Å². The average molecular weight is 392 g/mol. The number of aromatic nitrogens is 2. The lowest BCUT2D eigenvalue weighted by atomic mass is 10.2. The fourth-order valence-electron chi connectivity index (χ4n) is 2.64. The average Bonchev–Trinajstić information content (AvgIpc) is 2.73. The van der Waals surface area contributed by atoms with E-state index < -0.39 is 11.9 Å². The third-order valence-corrected chi connectivity index (χ3v) is 4.01. The summed E-state index contributed by atoms with van der Waals surface area (Å²) in [6, 6.07) is 15.6. The molecule has 0 saturated heterocycles. The van der Waals surface area contributed by atoms with Crippen molar-refractivity contribution in [3.63, 3.8) is 0 Å². The molecular formula is C21H20N4O4. The van der Waals surface area contributed by atoms with Gasteiger partial charge in [0.15, 0.2) is 0 Å². The third kappa shape index (κ3) is 4.86. The summed E-state index contributed by atoms with van der Waals surface area (Å²) in [5, 5.41) is 6.23. The van der Waals surface area contributed by atoms with Crippen molar-refractivity contribution in [1.82, 2.24) is 9.97 Å². The lowest BCUT2D eigenvalue weighted by Crippen LogP contribution is -2.08. The molecule has 148 valence electrons. The molecule has 0 saturated carbocycles. The zero-order chi connectivity index (χ0) is 20.8. The number of nitrogens with zero attached hydrogens (tertiary/aromatic N) is 2. The second kappa shape index (κ2) is 8.83. The van der Waals surface area contributed by atoms with Crippen molar-refractivity contribution in [1.29, 1.82) is 0 Å². The zero-order valence-corrected chi connectivity index (χ0v) is 16.2. The summed E-state index contributed by atoms with van der Waals surface area (Å²) < 4.78 is 9.51. The van der Waals surface area contributed by atoms with Gasteiger partial charge in [-0.2, -0.15) is 4.98 Å². The van der Waals surface area contributed by atoms with Gasteiger partial charge in [-0.05, 0) is 43.3 Å². The monoisotopic (exact) mass is 392 g/mol. The Labute approximate surface area is 167 Å². The Bertz CT molecular complexity index is 1040. The number of para-hydroxylation sites is 1. The van der Waals surface area contributed by atoms with Gasteiger partial charge in [-0.15, -0.1) is 0 Å². The van der Waals surface area contributed by atoms with Crippen LogP contribution in [-0.2, 0) is 9.47 Å². The van der Waals surface area contributed by atoms with Gasteiger partial charge in [0.2, 0.25) is 5.95 Å². The molecule has 2 N–H and O–H groups in total. The number of carbonyl (C=O) groups is 2. The third-order valence-electron chi connectivity index (χ3n) is 4.01. The molecule has 8 heteroatoms. The number of hydrogen-bond donors (Lipinski definition) is 2. The lowest BCUT2D eigenvalue weighted by Gasteiger charge is -2.12. The van der Waals surface area contributed by atoms with Crippen LogP contribution in [0.3, 0.4) is 0 Å². The summed E-state index contributed by atoms with van der Waals surface area (Å²) in [6.45, 7) is 1.84. The molecule has 2 aromatic carbocycles. The minimum atomic E-state index is -0.454. The number of anilines is 4. The summed E-state index contributed by atoms with van der Waals surface area (Å²) in [5.41, 5.74) is 2.86. The van der Waals surface area contributed by atoms with E-state index >= 15 is 0 Å². The summed E-state index contributed by atoms with van der Waals surface area (Å²) in [7, 11) is 2.67. The molecule has 0 fully saturated rings. The first-order valence-corrected chi connectivity index (χ1v) is 8.75. The van der Waals surface area contributed by atoms with Gasteiger partial charge in [-0.3, -0.25) is 0 Å². The van der Waals surface area contributed by atoms with E-state index in [1.165, 1.54) is 14.2 Å². The summed E-state index contributed by atoms with van der Waals surface area (Å²) >= 11 is 0. The van der Waals surface area contributed by atoms with Crippen LogP contribution in [0.1, 0.15) is 26.4 Å². The van der Waals surface area contributed by atoms with Crippen LogP contribution in [0, 0.1) is 6.92 Å². The number of benzene rings is 2. The Hall–Kier alpha value is -3.94. The highest BCUT2D eigenvalue weighted by atomic mass is 16.5. The standard InChI is InChI=1S/C21H20N4O4/c1-13-12-18(23-15-10-8-14(9-11-15)19(26)28-2)25-21(22-13)24-17-7-5-4-6-16(17)20(27)29-3/h4-12H,1-3H3,(H2,22,23,24,25). The lowest BCUT2D eigenvalue weighted by molar-refractivity contribution is 0.0592. The second-order valence-electron chi connectivity index (χ2n) is 6.07. The molecule has 3 aromatic rings. The van der Waals surface area contributed by atoms with Crippen molar-refractivity contribution in [2.45, 2.75) is 6.92 Å². The van der Waals surface area contributed by atoms with Crippen LogP contribution in [0.5, 0.6) is 0 Å². The highest BCUT2D eigenvalue weighted by Crippen LogP contribution is 2.22. The Morgan fingerprint density at radius 1 is 0.862 bits per heavy atom. The van der Waals surface area contributed by atoms with E-state index in [0.29, 0.717) is 28.6 Å². The second-order valence-corrected chi connectivity index (χ2v) is 6.07. The molecule has 29 heavy (non-hydrogen) atoms. The summed E-state index contributed by atoms with van der Waals surface area (Å²) in [6.07, 6.45) is 0. The van der Waals surface area contributed by atoms with E-state index in [-0.39, 0.29) is 0 Å². The molecule has 1 aromatic heterocycles. The number of aryl methyl sites for hydroxylation is 1. The number of carbonyl (C=O) groups excluding carboxylic acids is 2. The highest BCUT2D eigenvalue weighted by molar-refractivity contribution is 5.96. The molecule has 0 amide bonds. The maximum absolute atomic E-state index is 11.9. The molecule has 1 heterocycles. The maximum atomic E-state index is 11.9. The minimum absolute atomic E-state index is 0.329. The van der Waals surface area contributed by atoms with Crippen molar-refractivity contribution >= 4 is 35.1 Å². The normalized spacial score (nSPS) is 10.2. The number of esters is 2. The van der Waals surface area contributed by atoms with Crippen LogP contribution in [0.25, 0.3) is 0 Å². The van der Waals surface area contributed by atoms with E-state index in [1.54, 1.807) is 54.6 Å². The van der Waals surface area contributed by atoms with Crippen molar-refractivity contribution in [2.24, 2.45) is 0 Å². The van der Waals surface area contributed by atoms with Crippen LogP contribution < -0.4 is 10.6 Å². The first-order valence-electron chi connectivity index (χ1n) is 8.75. The number of ether oxygens (including phenoxy) is 2. The van der Waals surface area contributed by atoms with Gasteiger partial charge in [-0.25, -0.2) is 14.6 Å². The van der Waals surface area contributed by atoms with Gasteiger partial charge in [0, 0.05) is 17.4 Å². The molecule has 0 bridgehead atoms. The van der Waals surface area contributed by atoms with E-state index in [4.69, 9.17) is 9.47 Å². The van der Waals surface area contributed by atoms with Gasteiger partial charge in [-0.1, -0.05) is 12.1 Å². The fourth-order valence-corrected chi connectivity index (χ4v) is 2.64. The van der Waals surface area contributed by atoms with Gasteiger partial charge >= 0.3 is 11.9 Å². The Morgan fingerprint density at radius 2 is 1.55 bits per heavy atom. The zero-order valence-electron chi connectivity index (χ0n) is 16.2. The van der Waals surface area contributed by atoms with Crippen LogP contribution >= 0.6 is 0 Å². The Balaban J connectivity index is 1.82. The van der Waals surface area contributed by atoms with Crippen molar-refractivity contribution < 1.29 is 19.1 Å². The van der Waals surface area contributed by atoms with E-state index in [9.17, 15) is 9.59 Å². The Morgan fingerprint density at radius 3 is 2.24 bits per heavy atom. The highest BCUT2D eigenvalue weighted by Gasteiger charge is 2.13. The van der Waals surface area contributed by atoms with E-state index in [2.05, 4.69) is 20.6 Å². The van der Waals surface area contributed by atoms with Crippen LogP contribution in [-0.4, -0.2) is 36.1 Å². The van der Waals surface area contributed by atoms with Crippen LogP contribution in [0.4, 0.5) is 23.1 Å². The molecule has 0 atom stereocenters. The first-order chi connectivity index (χ1) is 14.0. The predicted octanol–water partition coefficient (Wildman–Crippen LogP) is 3.85. The van der Waals surface area contributed by atoms with E-state index in [1.807, 2.05) is 6.92 Å². The van der Waals surface area contributed by atoms with E-state index in [0.717, 1.165) is 11.4 Å². The molecule has 0 radical (unpaired) electrons. The van der Waals surface area contributed by atoms with Gasteiger partial charge < -0.3 is 20.1 Å². The SMILES string of the molecule is COC(=O)c1ccc(Nc2cc(C)nc(Nc3ccccc3C(=O)OC)n2)cc1.